The molecule has 3 heterocycles. The molecule has 2 aliphatic rings. The van der Waals surface area contributed by atoms with Gasteiger partial charge in [-0.05, 0) is 24.1 Å². The molecule has 0 saturated heterocycles. The Labute approximate surface area is 173 Å². The second-order valence-electron chi connectivity index (χ2n) is 7.74. The Bertz CT molecular complexity index is 1200. The highest BCUT2D eigenvalue weighted by molar-refractivity contribution is 6.14. The Morgan fingerprint density at radius 2 is 1.67 bits per heavy atom. The maximum atomic E-state index is 12.1. The van der Waals surface area contributed by atoms with Crippen LogP contribution in [0.3, 0.4) is 0 Å². The lowest BCUT2D eigenvalue weighted by Gasteiger charge is -2.26. The van der Waals surface area contributed by atoms with Crippen molar-refractivity contribution >= 4 is 34.1 Å². The third kappa shape index (κ3) is 2.98. The lowest BCUT2D eigenvalue weighted by molar-refractivity contribution is -0.129. The Hall–Kier alpha value is -3.45. The second kappa shape index (κ2) is 7.11. The summed E-state index contributed by atoms with van der Waals surface area (Å²) >= 11 is 0. The first-order valence-corrected chi connectivity index (χ1v) is 10.1. The minimum Gasteiger partial charge on any atom is -0.379 e. The number of hydrogen-bond acceptors (Lipinski definition) is 4. The van der Waals surface area contributed by atoms with Crippen molar-refractivity contribution in [1.29, 1.82) is 0 Å². The molecule has 1 aromatic heterocycles. The summed E-state index contributed by atoms with van der Waals surface area (Å²) in [5.74, 6) is -0.668. The van der Waals surface area contributed by atoms with Crippen LogP contribution in [0, 0.1) is 0 Å². The molecule has 0 aliphatic carbocycles. The van der Waals surface area contributed by atoms with Gasteiger partial charge >= 0.3 is 0 Å². The zero-order valence-electron chi connectivity index (χ0n) is 16.4. The highest BCUT2D eigenvalue weighted by Gasteiger charge is 2.43. The van der Waals surface area contributed by atoms with E-state index in [1.54, 1.807) is 0 Å². The number of aromatic amines is 1. The molecule has 0 fully saturated rings. The van der Waals surface area contributed by atoms with Gasteiger partial charge in [-0.25, -0.2) is 4.99 Å². The third-order valence-electron chi connectivity index (χ3n) is 5.85. The molecule has 152 valence electrons. The first-order chi connectivity index (χ1) is 14.6. The number of nitrogens with zero attached hydrogens (tertiary/aromatic N) is 1. The van der Waals surface area contributed by atoms with Crippen molar-refractivity contribution < 1.29 is 14.7 Å². The van der Waals surface area contributed by atoms with Crippen molar-refractivity contribution in [3.05, 3.63) is 65.4 Å². The van der Waals surface area contributed by atoms with Crippen LogP contribution in [0.4, 0.5) is 5.69 Å². The van der Waals surface area contributed by atoms with Gasteiger partial charge in [-0.15, -0.1) is 0 Å². The second-order valence-corrected chi connectivity index (χ2v) is 7.74. The van der Waals surface area contributed by atoms with Crippen LogP contribution < -0.4 is 10.6 Å². The first-order valence-electron chi connectivity index (χ1n) is 10.1. The van der Waals surface area contributed by atoms with Crippen molar-refractivity contribution in [1.82, 2.24) is 15.6 Å². The number of amides is 2. The molecule has 2 aromatic carbocycles. The number of aliphatic imine (C=N–C) groups is 1. The van der Waals surface area contributed by atoms with Crippen LogP contribution in [-0.4, -0.2) is 40.7 Å². The standard InChI is InChI=1S/C23H22N4O3/c28-19-13-20(29)25-12-10-23(30)16-6-2-4-8-18(16)27-22(23)21-15(9-11-24-19)14-5-1-3-7-17(14)26-21/h1-8,26,30H,9-13H2,(H,24,28)(H,25,29). The lowest BCUT2D eigenvalue weighted by Crippen LogP contribution is -2.39. The van der Waals surface area contributed by atoms with Gasteiger partial charge in [0, 0.05) is 36.0 Å². The minimum atomic E-state index is -1.34. The fourth-order valence-electron chi connectivity index (χ4n) is 4.42. The summed E-state index contributed by atoms with van der Waals surface area (Å²) in [5, 5.41) is 18.4. The number of aliphatic hydroxyl groups is 1. The number of rotatable bonds is 0. The average Bonchev–Trinajstić information content (AvgIpc) is 3.23. The van der Waals surface area contributed by atoms with Gasteiger partial charge in [0.25, 0.3) is 0 Å². The highest BCUT2D eigenvalue weighted by atomic mass is 16.3. The van der Waals surface area contributed by atoms with Crippen molar-refractivity contribution in [2.75, 3.05) is 13.1 Å². The number of para-hydroxylation sites is 2. The molecule has 3 aromatic rings. The molecular formula is C23H22N4O3. The van der Waals surface area contributed by atoms with E-state index in [2.05, 4.69) is 15.6 Å². The number of carbonyl (C=O) groups excluding carboxylic acids is 2. The van der Waals surface area contributed by atoms with Gasteiger partial charge in [0.05, 0.1) is 11.4 Å². The van der Waals surface area contributed by atoms with E-state index < -0.39 is 5.60 Å². The van der Waals surface area contributed by atoms with Gasteiger partial charge in [-0.1, -0.05) is 36.4 Å². The number of hydrogen-bond donors (Lipinski definition) is 4. The zero-order chi connectivity index (χ0) is 20.7. The van der Waals surface area contributed by atoms with E-state index in [0.717, 1.165) is 33.4 Å². The van der Waals surface area contributed by atoms with E-state index >= 15 is 0 Å². The highest BCUT2D eigenvalue weighted by Crippen LogP contribution is 2.43. The molecule has 7 heteroatoms. The number of H-pyrrole nitrogens is 1. The summed E-state index contributed by atoms with van der Waals surface area (Å²) in [5.41, 5.74) is 3.38. The molecule has 30 heavy (non-hydrogen) atoms. The minimum absolute atomic E-state index is 0.225. The van der Waals surface area contributed by atoms with Gasteiger partial charge in [-0.3, -0.25) is 9.59 Å². The normalized spacial score (nSPS) is 21.8. The first kappa shape index (κ1) is 18.6. The Kier molecular flexibility index (Phi) is 4.40. The largest absolute Gasteiger partial charge is 0.379 e. The summed E-state index contributed by atoms with van der Waals surface area (Å²) in [7, 11) is 0. The number of carbonyl (C=O) groups is 2. The Morgan fingerprint density at radius 1 is 0.933 bits per heavy atom. The van der Waals surface area contributed by atoms with Crippen molar-refractivity contribution in [2.45, 2.75) is 24.9 Å². The number of fused-ring (bicyclic) bond motifs is 7. The fraction of sp³-hybridized carbons (Fsp3) is 0.261. The van der Waals surface area contributed by atoms with Gasteiger partial charge in [-0.2, -0.15) is 0 Å². The summed E-state index contributed by atoms with van der Waals surface area (Å²) < 4.78 is 0. The molecule has 1 unspecified atom stereocenters. The van der Waals surface area contributed by atoms with E-state index in [9.17, 15) is 14.7 Å². The molecule has 2 aliphatic heterocycles. The molecule has 4 N–H and O–H groups in total. The maximum absolute atomic E-state index is 12.1. The van der Waals surface area contributed by atoms with E-state index in [-0.39, 0.29) is 31.2 Å². The molecule has 0 radical (unpaired) electrons. The van der Waals surface area contributed by atoms with Crippen LogP contribution in [0.25, 0.3) is 10.9 Å². The molecular weight excluding hydrogens is 380 g/mol. The summed E-state index contributed by atoms with van der Waals surface area (Å²) in [4.78, 5) is 32.4. The predicted molar refractivity (Wildman–Crippen MR) is 114 cm³/mol. The van der Waals surface area contributed by atoms with Gasteiger partial charge in [0.2, 0.25) is 11.8 Å². The predicted octanol–water partition coefficient (Wildman–Crippen LogP) is 2.06. The van der Waals surface area contributed by atoms with Crippen molar-refractivity contribution in [3.8, 4) is 0 Å². The molecule has 1 atom stereocenters. The number of aromatic nitrogens is 1. The van der Waals surface area contributed by atoms with Gasteiger partial charge in [0.1, 0.15) is 17.7 Å². The molecule has 0 saturated carbocycles. The number of nitrogens with one attached hydrogen (secondary N) is 3. The summed E-state index contributed by atoms with van der Waals surface area (Å²) in [6.07, 6.45) is 0.583. The molecule has 0 bridgehead atoms. The summed E-state index contributed by atoms with van der Waals surface area (Å²) in [6.45, 7) is 0.616. The van der Waals surface area contributed by atoms with Crippen LogP contribution in [0.1, 0.15) is 29.7 Å². The fourth-order valence-corrected chi connectivity index (χ4v) is 4.42. The monoisotopic (exact) mass is 402 g/mol. The van der Waals surface area contributed by atoms with E-state index in [4.69, 9.17) is 4.99 Å². The smallest absolute Gasteiger partial charge is 0.229 e. The SMILES string of the molecule is O=C1CC(=O)NCCC2(O)C(=Nc3ccccc32)c2[nH]c3ccccc3c2CCN1. The maximum Gasteiger partial charge on any atom is 0.229 e. The molecule has 0 spiro atoms. The van der Waals surface area contributed by atoms with Crippen LogP contribution in [0.2, 0.25) is 0 Å². The average molecular weight is 402 g/mol. The van der Waals surface area contributed by atoms with Crippen molar-refractivity contribution in [2.24, 2.45) is 4.99 Å². The lowest BCUT2D eigenvalue weighted by atomic mass is 9.84. The zero-order valence-corrected chi connectivity index (χ0v) is 16.4. The Balaban J connectivity index is 1.68. The van der Waals surface area contributed by atoms with E-state index in [1.807, 2.05) is 48.5 Å². The van der Waals surface area contributed by atoms with E-state index in [0.29, 0.717) is 18.7 Å². The van der Waals surface area contributed by atoms with E-state index in [1.165, 1.54) is 0 Å². The molecule has 5 rings (SSSR count). The van der Waals surface area contributed by atoms with Crippen molar-refractivity contribution in [3.63, 3.8) is 0 Å². The van der Waals surface area contributed by atoms with Crippen LogP contribution in [-0.2, 0) is 21.6 Å². The molecule has 7 nitrogen and oxygen atoms in total. The van der Waals surface area contributed by atoms with Gasteiger partial charge in [0.15, 0.2) is 0 Å². The van der Waals surface area contributed by atoms with Crippen LogP contribution in [0.5, 0.6) is 0 Å². The quantitative estimate of drug-likeness (QED) is 0.433. The topological polar surface area (TPSA) is 107 Å². The molecule has 2 amide bonds. The van der Waals surface area contributed by atoms with Crippen LogP contribution >= 0.6 is 0 Å². The number of benzene rings is 2. The Morgan fingerprint density at radius 3 is 2.53 bits per heavy atom. The summed E-state index contributed by atoms with van der Waals surface area (Å²) in [6, 6.07) is 15.5. The third-order valence-corrected chi connectivity index (χ3v) is 5.85. The van der Waals surface area contributed by atoms with Crippen LogP contribution in [0.15, 0.2) is 53.5 Å². The van der Waals surface area contributed by atoms with Gasteiger partial charge < -0.3 is 20.7 Å².